The Morgan fingerprint density at radius 2 is 1.47 bits per heavy atom. The number of imidazole rings is 2. The van der Waals surface area contributed by atoms with Crippen LogP contribution >= 0.6 is 11.3 Å². The van der Waals surface area contributed by atoms with Crippen LogP contribution in [0.3, 0.4) is 0 Å². The normalized spacial score (nSPS) is 18.1. The van der Waals surface area contributed by atoms with Gasteiger partial charge in [0.15, 0.2) is 0 Å². The van der Waals surface area contributed by atoms with E-state index in [1.807, 2.05) is 36.1 Å². The Morgan fingerprint density at radius 3 is 2.06 bits per heavy atom. The van der Waals surface area contributed by atoms with Gasteiger partial charge in [-0.25, -0.2) is 9.97 Å². The fourth-order valence-electron chi connectivity index (χ4n) is 5.77. The van der Waals surface area contributed by atoms with E-state index >= 15 is 0 Å². The van der Waals surface area contributed by atoms with Crippen LogP contribution in [0.15, 0.2) is 66.6 Å². The van der Waals surface area contributed by atoms with Crippen LogP contribution in [0.25, 0.3) is 0 Å². The number of nitrogens with one attached hydrogen (secondary N) is 2. The van der Waals surface area contributed by atoms with Crippen molar-refractivity contribution >= 4 is 11.3 Å². The zero-order valence-electron chi connectivity index (χ0n) is 20.8. The summed E-state index contributed by atoms with van der Waals surface area (Å²) >= 11 is 1.88. The quantitative estimate of drug-likeness (QED) is 0.335. The average Bonchev–Trinajstić information content (AvgIpc) is 3.65. The predicted octanol–water partition coefficient (Wildman–Crippen LogP) is 4.49. The number of aromatic nitrogens is 4. The molecular formula is C28H35N7S. The molecular weight excluding hydrogens is 466 g/mol. The lowest BCUT2D eigenvalue weighted by Gasteiger charge is -2.54. The second-order valence-corrected chi connectivity index (χ2v) is 11.6. The number of nitrogens with zero attached hydrogens (tertiary/aromatic N) is 5. The molecule has 2 N–H and O–H groups in total. The van der Waals surface area contributed by atoms with Crippen molar-refractivity contribution in [3.63, 3.8) is 0 Å². The summed E-state index contributed by atoms with van der Waals surface area (Å²) in [5.41, 5.74) is 3.30. The lowest BCUT2D eigenvalue weighted by Crippen LogP contribution is -2.59. The molecule has 1 aromatic carbocycles. The van der Waals surface area contributed by atoms with E-state index in [2.05, 4.69) is 76.4 Å². The molecule has 7 nitrogen and oxygen atoms in total. The van der Waals surface area contributed by atoms with Crippen LogP contribution in [0, 0.1) is 5.41 Å². The third kappa shape index (κ3) is 5.78. The highest BCUT2D eigenvalue weighted by Gasteiger charge is 2.44. The van der Waals surface area contributed by atoms with Crippen molar-refractivity contribution in [2.24, 2.45) is 5.41 Å². The molecule has 8 heteroatoms. The minimum Gasteiger partial charge on any atom is -0.348 e. The van der Waals surface area contributed by atoms with Crippen LogP contribution in [-0.2, 0) is 32.7 Å². The summed E-state index contributed by atoms with van der Waals surface area (Å²) in [5.74, 6) is 1.95. The summed E-state index contributed by atoms with van der Waals surface area (Å²) in [6, 6.07) is 13.6. The summed E-state index contributed by atoms with van der Waals surface area (Å²) in [7, 11) is 0. The first-order valence-corrected chi connectivity index (χ1v) is 13.8. The van der Waals surface area contributed by atoms with E-state index in [1.165, 1.54) is 55.0 Å². The van der Waals surface area contributed by atoms with E-state index in [0.717, 1.165) is 44.4 Å². The van der Waals surface area contributed by atoms with Gasteiger partial charge in [-0.3, -0.25) is 14.7 Å². The maximum absolute atomic E-state index is 4.41. The molecule has 3 aromatic heterocycles. The monoisotopic (exact) mass is 501 g/mol. The Balaban J connectivity index is 0.986. The van der Waals surface area contributed by atoms with Gasteiger partial charge < -0.3 is 9.97 Å². The Hall–Kier alpha value is -2.78. The first kappa shape index (κ1) is 23.6. The van der Waals surface area contributed by atoms with Gasteiger partial charge in [-0.1, -0.05) is 30.3 Å². The van der Waals surface area contributed by atoms with E-state index in [1.54, 1.807) is 0 Å². The van der Waals surface area contributed by atoms with Crippen molar-refractivity contribution in [3.05, 3.63) is 94.2 Å². The molecule has 0 aliphatic carbocycles. The number of likely N-dealkylation sites (tertiary alicyclic amines) is 2. The van der Waals surface area contributed by atoms with Gasteiger partial charge >= 0.3 is 0 Å². The molecule has 2 aliphatic heterocycles. The molecule has 2 fully saturated rings. The molecule has 4 aromatic rings. The Morgan fingerprint density at radius 1 is 0.806 bits per heavy atom. The molecule has 2 aliphatic rings. The number of hydrogen-bond donors (Lipinski definition) is 2. The van der Waals surface area contributed by atoms with Crippen LogP contribution < -0.4 is 0 Å². The molecule has 0 amide bonds. The summed E-state index contributed by atoms with van der Waals surface area (Å²) in [4.78, 5) is 24.4. The van der Waals surface area contributed by atoms with Crippen LogP contribution in [0.5, 0.6) is 0 Å². The number of piperidine rings is 1. The molecule has 5 heterocycles. The molecule has 0 unspecified atom stereocenters. The molecule has 0 saturated carbocycles. The minimum atomic E-state index is 0.572. The summed E-state index contributed by atoms with van der Waals surface area (Å²) < 4.78 is 0. The number of H-pyrrole nitrogens is 2. The van der Waals surface area contributed by atoms with Crippen molar-refractivity contribution < 1.29 is 0 Å². The fraction of sp³-hybridized carbons (Fsp3) is 0.429. The van der Waals surface area contributed by atoms with Gasteiger partial charge in [0, 0.05) is 62.4 Å². The third-order valence-corrected chi connectivity index (χ3v) is 8.55. The van der Waals surface area contributed by atoms with Gasteiger partial charge in [0.1, 0.15) is 11.6 Å². The van der Waals surface area contributed by atoms with Crippen molar-refractivity contribution in [2.45, 2.75) is 45.6 Å². The van der Waals surface area contributed by atoms with Crippen LogP contribution in [0.4, 0.5) is 0 Å². The molecule has 2 saturated heterocycles. The second-order valence-electron chi connectivity index (χ2n) is 10.5. The lowest BCUT2D eigenvalue weighted by molar-refractivity contribution is -0.0519. The standard InChI is InChI=1S/C28H35N7S/c1-2-25(36-15-1)18-35-21-28(22-35)7-13-33(14-8-28)16-23-3-5-24(6-4-23)17-34(19-26-29-9-10-30-26)20-27-31-11-12-32-27/h1-6,9-12,15H,7-8,13-14,16-22H2,(H,29,30)(H,31,32). The third-order valence-electron chi connectivity index (χ3n) is 7.69. The van der Waals surface area contributed by atoms with Crippen molar-refractivity contribution in [1.82, 2.24) is 34.6 Å². The largest absolute Gasteiger partial charge is 0.348 e. The highest BCUT2D eigenvalue weighted by Crippen LogP contribution is 2.41. The summed E-state index contributed by atoms with van der Waals surface area (Å²) in [5, 5.41) is 2.19. The van der Waals surface area contributed by atoms with Crippen molar-refractivity contribution in [1.29, 1.82) is 0 Å². The number of benzene rings is 1. The molecule has 36 heavy (non-hydrogen) atoms. The maximum atomic E-state index is 4.41. The van der Waals surface area contributed by atoms with E-state index < -0.39 is 0 Å². The molecule has 1 spiro atoms. The van der Waals surface area contributed by atoms with Crippen molar-refractivity contribution in [3.8, 4) is 0 Å². The van der Waals surface area contributed by atoms with Gasteiger partial charge in [-0.05, 0) is 53.9 Å². The Labute approximate surface area is 217 Å². The number of aromatic amines is 2. The Bertz CT molecular complexity index is 1130. The zero-order valence-corrected chi connectivity index (χ0v) is 21.6. The Kier molecular flexibility index (Phi) is 7.01. The van der Waals surface area contributed by atoms with Gasteiger partial charge in [-0.2, -0.15) is 0 Å². The molecule has 188 valence electrons. The van der Waals surface area contributed by atoms with Crippen LogP contribution in [-0.4, -0.2) is 60.8 Å². The topological polar surface area (TPSA) is 67.1 Å². The molecule has 0 bridgehead atoms. The predicted molar refractivity (Wildman–Crippen MR) is 143 cm³/mol. The highest BCUT2D eigenvalue weighted by molar-refractivity contribution is 7.09. The zero-order chi connectivity index (χ0) is 24.2. The molecule has 0 atom stereocenters. The van der Waals surface area contributed by atoms with E-state index in [9.17, 15) is 0 Å². The first-order valence-electron chi connectivity index (χ1n) is 13.0. The van der Waals surface area contributed by atoms with Gasteiger partial charge in [0.25, 0.3) is 0 Å². The van der Waals surface area contributed by atoms with E-state index in [0.29, 0.717) is 5.41 Å². The average molecular weight is 502 g/mol. The van der Waals surface area contributed by atoms with Crippen molar-refractivity contribution in [2.75, 3.05) is 26.2 Å². The SMILES string of the molecule is c1csc(CN2CC3(CCN(Cc4ccc(CN(Cc5ncc[nH]5)Cc5ncc[nH]5)cc4)CC3)C2)c1. The van der Waals surface area contributed by atoms with E-state index in [-0.39, 0.29) is 0 Å². The second kappa shape index (κ2) is 10.7. The summed E-state index contributed by atoms with van der Waals surface area (Å²) in [6.07, 6.45) is 10.0. The van der Waals surface area contributed by atoms with Gasteiger partial charge in [0.2, 0.25) is 0 Å². The maximum Gasteiger partial charge on any atom is 0.120 e. The number of rotatable bonds is 10. The smallest absolute Gasteiger partial charge is 0.120 e. The van der Waals surface area contributed by atoms with Gasteiger partial charge in [-0.15, -0.1) is 11.3 Å². The number of hydrogen-bond acceptors (Lipinski definition) is 6. The van der Waals surface area contributed by atoms with E-state index in [4.69, 9.17) is 0 Å². The first-order chi connectivity index (χ1) is 17.7. The van der Waals surface area contributed by atoms with Crippen LogP contribution in [0.2, 0.25) is 0 Å². The molecule has 0 radical (unpaired) electrons. The molecule has 6 rings (SSSR count). The fourth-order valence-corrected chi connectivity index (χ4v) is 6.51. The lowest BCUT2D eigenvalue weighted by atomic mass is 9.72. The summed E-state index contributed by atoms with van der Waals surface area (Å²) in [6.45, 7) is 9.55. The van der Waals surface area contributed by atoms with Gasteiger partial charge in [0.05, 0.1) is 13.1 Å². The number of thiophene rings is 1. The van der Waals surface area contributed by atoms with Crippen LogP contribution in [0.1, 0.15) is 40.5 Å². The highest BCUT2D eigenvalue weighted by atomic mass is 32.1. The minimum absolute atomic E-state index is 0.572.